The van der Waals surface area contributed by atoms with Crippen molar-refractivity contribution in [3.8, 4) is 17.2 Å². The fourth-order valence-corrected chi connectivity index (χ4v) is 5.83. The van der Waals surface area contributed by atoms with Crippen molar-refractivity contribution in [2.75, 3.05) is 19.8 Å². The average molecular weight is 653 g/mol. The van der Waals surface area contributed by atoms with Crippen molar-refractivity contribution in [1.29, 1.82) is 0 Å². The highest BCUT2D eigenvalue weighted by molar-refractivity contribution is 9.10. The lowest BCUT2D eigenvalue weighted by atomic mass is 10.0. The van der Waals surface area contributed by atoms with Crippen molar-refractivity contribution in [2.24, 2.45) is 0 Å². The zero-order valence-corrected chi connectivity index (χ0v) is 24.9. The number of imide groups is 1. The Bertz CT molecular complexity index is 1690. The Morgan fingerprint density at radius 2 is 1.73 bits per heavy atom. The van der Waals surface area contributed by atoms with Gasteiger partial charge in [-0.3, -0.25) is 14.5 Å². The number of hydrogen-bond donors (Lipinski definition) is 0. The van der Waals surface area contributed by atoms with E-state index in [0.29, 0.717) is 38.7 Å². The highest BCUT2D eigenvalue weighted by atomic mass is 79.9. The monoisotopic (exact) mass is 651 g/mol. The fraction of sp³-hybridized carbons (Fsp3) is 0.129. The molecule has 41 heavy (non-hydrogen) atoms. The van der Waals surface area contributed by atoms with Crippen molar-refractivity contribution in [1.82, 2.24) is 4.90 Å². The summed E-state index contributed by atoms with van der Waals surface area (Å²) in [5.74, 6) is 0.0479. The van der Waals surface area contributed by atoms with Gasteiger partial charge < -0.3 is 14.2 Å². The molecule has 208 valence electrons. The average Bonchev–Trinajstić information content (AvgIpc) is 3.22. The minimum atomic E-state index is -0.531. The maximum atomic E-state index is 13.2. The number of fused-ring (bicyclic) bond motifs is 1. The molecule has 7 nitrogen and oxygen atoms in total. The molecule has 0 N–H and O–H groups in total. The molecule has 0 aromatic heterocycles. The van der Waals surface area contributed by atoms with E-state index in [1.807, 2.05) is 37.3 Å². The lowest BCUT2D eigenvalue weighted by Gasteiger charge is -2.15. The van der Waals surface area contributed by atoms with Crippen LogP contribution in [0.3, 0.4) is 0 Å². The third-order valence-electron chi connectivity index (χ3n) is 6.12. The zero-order chi connectivity index (χ0) is 28.9. The summed E-state index contributed by atoms with van der Waals surface area (Å²) in [6.45, 7) is 2.31. The second-order valence-electron chi connectivity index (χ2n) is 8.79. The van der Waals surface area contributed by atoms with Crippen LogP contribution in [0, 0.1) is 0 Å². The van der Waals surface area contributed by atoms with Crippen LogP contribution in [0.5, 0.6) is 17.2 Å². The smallest absolute Gasteiger partial charge is 0.344 e. The molecule has 0 unspecified atom stereocenters. The van der Waals surface area contributed by atoms with Gasteiger partial charge in [-0.1, -0.05) is 60.1 Å². The van der Waals surface area contributed by atoms with Gasteiger partial charge in [0.15, 0.2) is 11.5 Å². The molecule has 5 rings (SSSR count). The summed E-state index contributed by atoms with van der Waals surface area (Å²) in [5, 5.41) is 1.75. The summed E-state index contributed by atoms with van der Waals surface area (Å²) in [6.07, 6.45) is 1.60. The van der Waals surface area contributed by atoms with Crippen LogP contribution in [0.2, 0.25) is 5.02 Å². The van der Waals surface area contributed by atoms with E-state index in [0.717, 1.165) is 27.4 Å². The van der Waals surface area contributed by atoms with Crippen molar-refractivity contribution in [3.05, 3.63) is 104 Å². The highest BCUT2D eigenvalue weighted by Crippen LogP contribution is 2.40. The number of halogens is 2. The summed E-state index contributed by atoms with van der Waals surface area (Å²) in [5.41, 5.74) is 1.01. The largest absolute Gasteiger partial charge is 0.490 e. The van der Waals surface area contributed by atoms with Crippen molar-refractivity contribution >= 4 is 73.3 Å². The molecule has 10 heteroatoms. The quantitative estimate of drug-likeness (QED) is 0.103. The number of rotatable bonds is 9. The number of thioether (sulfide) groups is 1. The van der Waals surface area contributed by atoms with Crippen molar-refractivity contribution in [3.63, 3.8) is 0 Å². The van der Waals surface area contributed by atoms with Gasteiger partial charge in [0.25, 0.3) is 11.1 Å². The van der Waals surface area contributed by atoms with Gasteiger partial charge in [-0.05, 0) is 87.4 Å². The van der Waals surface area contributed by atoms with E-state index in [9.17, 15) is 14.4 Å². The lowest BCUT2D eigenvalue weighted by molar-refractivity contribution is -0.123. The molecule has 1 aliphatic heterocycles. The molecule has 1 heterocycles. The van der Waals surface area contributed by atoms with Crippen LogP contribution >= 0.6 is 39.3 Å². The molecule has 0 aliphatic carbocycles. The molecule has 0 saturated carbocycles. The number of esters is 1. The van der Waals surface area contributed by atoms with Crippen molar-refractivity contribution < 1.29 is 28.6 Å². The second-order valence-corrected chi connectivity index (χ2v) is 11.0. The molecule has 4 aromatic rings. The van der Waals surface area contributed by atoms with Crippen LogP contribution in [0.4, 0.5) is 4.79 Å². The lowest BCUT2D eigenvalue weighted by Crippen LogP contribution is -2.32. The summed E-state index contributed by atoms with van der Waals surface area (Å²) < 4.78 is 17.7. The molecule has 1 fully saturated rings. The van der Waals surface area contributed by atoms with Crippen molar-refractivity contribution in [2.45, 2.75) is 6.92 Å². The number of carbonyl (C=O) groups excluding carboxylic acids is 3. The number of carbonyl (C=O) groups is 3. The summed E-state index contributed by atoms with van der Waals surface area (Å²) >= 11 is 10.4. The predicted octanol–water partition coefficient (Wildman–Crippen LogP) is 7.99. The third kappa shape index (κ3) is 6.43. The van der Waals surface area contributed by atoms with Crippen LogP contribution in [0.1, 0.15) is 22.8 Å². The Labute approximate surface area is 254 Å². The van der Waals surface area contributed by atoms with Gasteiger partial charge in [0.2, 0.25) is 0 Å². The first kappa shape index (κ1) is 28.7. The number of hydrogen-bond acceptors (Lipinski definition) is 7. The maximum absolute atomic E-state index is 13.2. The second kappa shape index (κ2) is 12.8. The van der Waals surface area contributed by atoms with Crippen LogP contribution in [-0.2, 0) is 4.79 Å². The number of para-hydroxylation sites is 1. The number of nitrogens with zero attached hydrogens (tertiary/aromatic N) is 1. The molecule has 0 bridgehead atoms. The Morgan fingerprint density at radius 1 is 0.976 bits per heavy atom. The van der Waals surface area contributed by atoms with Gasteiger partial charge >= 0.3 is 5.97 Å². The molecule has 0 atom stereocenters. The number of amides is 2. The highest BCUT2D eigenvalue weighted by Gasteiger charge is 2.35. The molecule has 1 saturated heterocycles. The molecule has 0 radical (unpaired) electrons. The van der Waals surface area contributed by atoms with Gasteiger partial charge in [0.05, 0.1) is 33.1 Å². The molecular weight excluding hydrogens is 630 g/mol. The Morgan fingerprint density at radius 3 is 2.54 bits per heavy atom. The molecule has 4 aromatic carbocycles. The van der Waals surface area contributed by atoms with E-state index in [2.05, 4.69) is 15.9 Å². The molecule has 0 spiro atoms. The van der Waals surface area contributed by atoms with E-state index in [4.69, 9.17) is 25.8 Å². The van der Waals surface area contributed by atoms with Gasteiger partial charge in [-0.15, -0.1) is 0 Å². The van der Waals surface area contributed by atoms with Gasteiger partial charge in [0.1, 0.15) is 12.4 Å². The van der Waals surface area contributed by atoms with E-state index in [1.165, 1.54) is 0 Å². The van der Waals surface area contributed by atoms with E-state index in [-0.39, 0.29) is 23.8 Å². The Hall–Kier alpha value is -3.79. The molecule has 1 aliphatic rings. The normalized spacial score (nSPS) is 14.1. The van der Waals surface area contributed by atoms with Crippen LogP contribution in [-0.4, -0.2) is 41.8 Å². The number of benzene rings is 4. The maximum Gasteiger partial charge on any atom is 0.344 e. The summed E-state index contributed by atoms with van der Waals surface area (Å²) in [6, 6.07) is 23.3. The number of ether oxygens (including phenoxy) is 3. The minimum absolute atomic E-state index is 0.0736. The molecule has 2 amide bonds. The first-order valence-electron chi connectivity index (χ1n) is 12.6. The van der Waals surface area contributed by atoms with Gasteiger partial charge in [0, 0.05) is 0 Å². The van der Waals surface area contributed by atoms with E-state index < -0.39 is 17.1 Å². The van der Waals surface area contributed by atoms with Crippen LogP contribution in [0.25, 0.3) is 16.8 Å². The van der Waals surface area contributed by atoms with Gasteiger partial charge in [-0.2, -0.15) is 0 Å². The summed E-state index contributed by atoms with van der Waals surface area (Å²) in [4.78, 5) is 40.2. The third-order valence-corrected chi connectivity index (χ3v) is 7.93. The first-order chi connectivity index (χ1) is 19.9. The van der Waals surface area contributed by atoms with Crippen LogP contribution in [0.15, 0.2) is 88.2 Å². The van der Waals surface area contributed by atoms with E-state index in [1.54, 1.807) is 54.6 Å². The first-order valence-corrected chi connectivity index (χ1v) is 14.6. The Kier molecular flexibility index (Phi) is 8.97. The SMILES string of the molecule is CCOc1cc(/C=C2\SC(=O)N(CCOc3ccccc3Cl)C2=O)cc(Br)c1OC(=O)c1cccc2ccccc12. The Balaban J connectivity index is 1.34. The van der Waals surface area contributed by atoms with Crippen LogP contribution < -0.4 is 14.2 Å². The topological polar surface area (TPSA) is 82.1 Å². The molecular formula is C31H23BrClNO6S. The predicted molar refractivity (Wildman–Crippen MR) is 164 cm³/mol. The fourth-order valence-electron chi connectivity index (χ4n) is 4.24. The van der Waals surface area contributed by atoms with E-state index >= 15 is 0 Å². The van der Waals surface area contributed by atoms with Gasteiger partial charge in [-0.25, -0.2) is 4.79 Å². The standard InChI is InChI=1S/C31H23BrClNO6S/c1-2-38-26-17-19(16-23(32)28(26)40-30(36)22-11-7-9-20-8-3-4-10-21(20)22)18-27-29(35)34(31(37)41-27)14-15-39-25-13-6-5-12-24(25)33/h3-13,16-18H,2,14-15H2,1H3/b27-18-. The zero-order valence-electron chi connectivity index (χ0n) is 21.8. The summed E-state index contributed by atoms with van der Waals surface area (Å²) in [7, 11) is 0. The minimum Gasteiger partial charge on any atom is -0.490 e.